The summed E-state index contributed by atoms with van der Waals surface area (Å²) in [6.07, 6.45) is 0. The number of benzene rings is 2. The molecular formula is C18H15ClFN3O2. The second kappa shape index (κ2) is 6.94. The van der Waals surface area contributed by atoms with Gasteiger partial charge in [0, 0.05) is 16.3 Å². The zero-order chi connectivity index (χ0) is 18.0. The maximum absolute atomic E-state index is 13.9. The van der Waals surface area contributed by atoms with Crippen LogP contribution in [0.15, 0.2) is 42.5 Å². The third-order valence-electron chi connectivity index (χ3n) is 3.73. The molecule has 5 nitrogen and oxygen atoms in total. The fourth-order valence-corrected chi connectivity index (χ4v) is 2.65. The van der Waals surface area contributed by atoms with Crippen molar-refractivity contribution in [2.24, 2.45) is 0 Å². The van der Waals surface area contributed by atoms with E-state index in [4.69, 9.17) is 16.3 Å². The maximum Gasteiger partial charge on any atom is 0.259 e. The molecule has 1 amide bonds. The number of H-pyrrole nitrogens is 1. The van der Waals surface area contributed by atoms with Crippen LogP contribution in [0.25, 0.3) is 11.1 Å². The molecule has 2 aromatic carbocycles. The van der Waals surface area contributed by atoms with E-state index >= 15 is 0 Å². The molecule has 7 heteroatoms. The Morgan fingerprint density at radius 3 is 2.64 bits per heavy atom. The zero-order valence-electron chi connectivity index (χ0n) is 13.6. The quantitative estimate of drug-likeness (QED) is 0.723. The molecule has 0 spiro atoms. The van der Waals surface area contributed by atoms with Crippen molar-refractivity contribution < 1.29 is 13.9 Å². The summed E-state index contributed by atoms with van der Waals surface area (Å²) in [7, 11) is 1.59. The number of anilines is 1. The summed E-state index contributed by atoms with van der Waals surface area (Å²) in [6, 6.07) is 11.1. The Bertz CT molecular complexity index is 923. The number of methoxy groups -OCH3 is 1. The number of hydrogen-bond donors (Lipinski definition) is 2. The van der Waals surface area contributed by atoms with Crippen LogP contribution in [0.4, 0.5) is 10.2 Å². The van der Waals surface area contributed by atoms with Crippen molar-refractivity contribution in [1.82, 2.24) is 10.2 Å². The summed E-state index contributed by atoms with van der Waals surface area (Å²) in [5.41, 5.74) is 2.19. The van der Waals surface area contributed by atoms with Crippen molar-refractivity contribution in [1.29, 1.82) is 0 Å². The van der Waals surface area contributed by atoms with Gasteiger partial charge in [-0.1, -0.05) is 23.7 Å². The van der Waals surface area contributed by atoms with E-state index in [9.17, 15) is 9.18 Å². The molecule has 128 valence electrons. The fraction of sp³-hybridized carbons (Fsp3) is 0.111. The number of aromatic amines is 1. The van der Waals surface area contributed by atoms with Crippen molar-refractivity contribution in [3.63, 3.8) is 0 Å². The fourth-order valence-electron chi connectivity index (χ4n) is 2.48. The first-order chi connectivity index (χ1) is 12.0. The average Bonchev–Trinajstić information content (AvgIpc) is 2.97. The largest absolute Gasteiger partial charge is 0.497 e. The average molecular weight is 360 g/mol. The monoisotopic (exact) mass is 359 g/mol. The molecule has 0 aliphatic carbocycles. The lowest BCUT2D eigenvalue weighted by Crippen LogP contribution is -2.14. The summed E-state index contributed by atoms with van der Waals surface area (Å²) >= 11 is 5.84. The lowest BCUT2D eigenvalue weighted by Gasteiger charge is -2.08. The first kappa shape index (κ1) is 17.0. The Hall–Kier alpha value is -2.86. The number of nitrogens with one attached hydrogen (secondary N) is 2. The van der Waals surface area contributed by atoms with Gasteiger partial charge in [-0.3, -0.25) is 9.89 Å². The summed E-state index contributed by atoms with van der Waals surface area (Å²) in [6.45, 7) is 1.84. The third kappa shape index (κ3) is 3.49. The lowest BCUT2D eigenvalue weighted by molar-refractivity contribution is 0.102. The van der Waals surface area contributed by atoms with Crippen LogP contribution in [0, 0.1) is 12.7 Å². The molecule has 3 aromatic rings. The van der Waals surface area contributed by atoms with Crippen LogP contribution >= 0.6 is 11.6 Å². The number of carbonyl (C=O) groups is 1. The second-order valence-electron chi connectivity index (χ2n) is 5.38. The van der Waals surface area contributed by atoms with Crippen LogP contribution in [0.3, 0.4) is 0 Å². The molecule has 0 saturated carbocycles. The molecule has 1 aromatic heterocycles. The van der Waals surface area contributed by atoms with Gasteiger partial charge in [-0.05, 0) is 42.8 Å². The molecule has 0 atom stereocenters. The first-order valence-electron chi connectivity index (χ1n) is 7.45. The van der Waals surface area contributed by atoms with Gasteiger partial charge in [0.2, 0.25) is 0 Å². The summed E-state index contributed by atoms with van der Waals surface area (Å²) in [5.74, 6) is -0.245. The van der Waals surface area contributed by atoms with Gasteiger partial charge in [0.15, 0.2) is 5.82 Å². The number of aromatic nitrogens is 2. The molecule has 0 aliphatic rings. The van der Waals surface area contributed by atoms with Gasteiger partial charge in [-0.15, -0.1) is 0 Å². The maximum atomic E-state index is 13.9. The molecule has 0 fully saturated rings. The van der Waals surface area contributed by atoms with Gasteiger partial charge >= 0.3 is 0 Å². The van der Waals surface area contributed by atoms with Gasteiger partial charge in [0.25, 0.3) is 5.91 Å². The highest BCUT2D eigenvalue weighted by atomic mass is 35.5. The van der Waals surface area contributed by atoms with Gasteiger partial charge in [0.05, 0.1) is 12.7 Å². The molecule has 0 bridgehead atoms. The van der Waals surface area contributed by atoms with E-state index in [1.54, 1.807) is 7.11 Å². The number of hydrogen-bond acceptors (Lipinski definition) is 3. The Balaban J connectivity index is 1.93. The lowest BCUT2D eigenvalue weighted by atomic mass is 10.1. The van der Waals surface area contributed by atoms with Gasteiger partial charge in [-0.2, -0.15) is 5.10 Å². The van der Waals surface area contributed by atoms with E-state index in [0.717, 1.165) is 28.6 Å². The standard InChI is InChI=1S/C18H15ClFN3O2/c1-10-16(11-3-6-13(25-2)7-4-11)17(23-22-10)21-18(24)14-9-12(19)5-8-15(14)20/h3-9H,1-2H3,(H2,21,22,23,24). The van der Waals surface area contributed by atoms with Crippen molar-refractivity contribution in [2.45, 2.75) is 6.92 Å². The third-order valence-corrected chi connectivity index (χ3v) is 3.97. The normalized spacial score (nSPS) is 10.6. The molecule has 1 heterocycles. The van der Waals surface area contributed by atoms with E-state index in [-0.39, 0.29) is 10.6 Å². The summed E-state index contributed by atoms with van der Waals surface area (Å²) < 4.78 is 19.0. The molecular weight excluding hydrogens is 345 g/mol. The smallest absolute Gasteiger partial charge is 0.259 e. The Morgan fingerprint density at radius 2 is 1.96 bits per heavy atom. The molecule has 3 rings (SSSR count). The van der Waals surface area contributed by atoms with Crippen LogP contribution in [-0.2, 0) is 0 Å². The second-order valence-corrected chi connectivity index (χ2v) is 5.82. The van der Waals surface area contributed by atoms with Crippen LogP contribution < -0.4 is 10.1 Å². The van der Waals surface area contributed by atoms with Crippen molar-refractivity contribution in [3.05, 3.63) is 64.6 Å². The Morgan fingerprint density at radius 1 is 1.24 bits per heavy atom. The van der Waals surface area contributed by atoms with Crippen molar-refractivity contribution >= 4 is 23.3 Å². The Kier molecular flexibility index (Phi) is 4.72. The topological polar surface area (TPSA) is 67.0 Å². The van der Waals surface area contributed by atoms with E-state index in [1.807, 2.05) is 31.2 Å². The minimum atomic E-state index is -0.653. The molecule has 0 aliphatic heterocycles. The zero-order valence-corrected chi connectivity index (χ0v) is 14.3. The van der Waals surface area contributed by atoms with E-state index in [1.165, 1.54) is 12.1 Å². The van der Waals surface area contributed by atoms with Crippen LogP contribution in [0.2, 0.25) is 5.02 Å². The highest BCUT2D eigenvalue weighted by Gasteiger charge is 2.18. The number of halogens is 2. The first-order valence-corrected chi connectivity index (χ1v) is 7.83. The number of ether oxygens (including phenoxy) is 1. The molecule has 0 unspecified atom stereocenters. The molecule has 0 saturated heterocycles. The number of rotatable bonds is 4. The van der Waals surface area contributed by atoms with Crippen molar-refractivity contribution in [2.75, 3.05) is 12.4 Å². The number of nitrogens with zero attached hydrogens (tertiary/aromatic N) is 1. The van der Waals surface area contributed by atoms with Gasteiger partial charge in [-0.25, -0.2) is 4.39 Å². The van der Waals surface area contributed by atoms with Crippen LogP contribution in [-0.4, -0.2) is 23.2 Å². The van der Waals surface area contributed by atoms with Gasteiger partial charge < -0.3 is 10.1 Å². The number of carbonyl (C=O) groups excluding carboxylic acids is 1. The minimum Gasteiger partial charge on any atom is -0.497 e. The van der Waals surface area contributed by atoms with E-state index < -0.39 is 11.7 Å². The van der Waals surface area contributed by atoms with E-state index in [0.29, 0.717) is 5.82 Å². The molecule has 2 N–H and O–H groups in total. The molecule has 25 heavy (non-hydrogen) atoms. The predicted octanol–water partition coefficient (Wildman–Crippen LogP) is 4.44. The number of aryl methyl sites for hydroxylation is 1. The van der Waals surface area contributed by atoms with E-state index in [2.05, 4.69) is 15.5 Å². The van der Waals surface area contributed by atoms with Crippen LogP contribution in [0.5, 0.6) is 5.75 Å². The highest BCUT2D eigenvalue weighted by molar-refractivity contribution is 6.31. The highest BCUT2D eigenvalue weighted by Crippen LogP contribution is 2.31. The molecule has 0 radical (unpaired) electrons. The number of amides is 1. The summed E-state index contributed by atoms with van der Waals surface area (Å²) in [5, 5.41) is 9.85. The Labute approximate surface area is 148 Å². The summed E-state index contributed by atoms with van der Waals surface area (Å²) in [4.78, 5) is 12.4. The minimum absolute atomic E-state index is 0.145. The van der Waals surface area contributed by atoms with Crippen molar-refractivity contribution in [3.8, 4) is 16.9 Å². The SMILES string of the molecule is COc1ccc(-c2c(NC(=O)c3cc(Cl)ccc3F)n[nH]c2C)cc1. The van der Waals surface area contributed by atoms with Gasteiger partial charge in [0.1, 0.15) is 11.6 Å². The van der Waals surface area contributed by atoms with Crippen LogP contribution in [0.1, 0.15) is 16.1 Å². The predicted molar refractivity (Wildman–Crippen MR) is 94.7 cm³/mol.